The smallest absolute Gasteiger partial charge is 0.266 e. The fraction of sp³-hybridized carbons (Fsp3) is 0. The molecule has 6 nitrogen and oxygen atoms in total. The second kappa shape index (κ2) is 7.90. The van der Waals surface area contributed by atoms with E-state index in [1.807, 2.05) is 24.3 Å². The highest BCUT2D eigenvalue weighted by atomic mass is 79.9. The fourth-order valence-corrected chi connectivity index (χ4v) is 3.58. The van der Waals surface area contributed by atoms with Crippen LogP contribution in [-0.2, 0) is 4.79 Å². The molecular formula is C17H10BrN3O3S2. The number of carbonyl (C=O) groups excluding carboxylic acids is 1. The summed E-state index contributed by atoms with van der Waals surface area (Å²) in [6.07, 6.45) is 3.00. The van der Waals surface area contributed by atoms with E-state index in [1.165, 1.54) is 18.4 Å². The van der Waals surface area contributed by atoms with Crippen LogP contribution in [0.3, 0.4) is 0 Å². The quantitative estimate of drug-likeness (QED) is 0.225. The van der Waals surface area contributed by atoms with Crippen molar-refractivity contribution in [3.05, 3.63) is 79.2 Å². The van der Waals surface area contributed by atoms with E-state index in [0.717, 1.165) is 26.8 Å². The molecule has 0 aromatic heterocycles. The molecule has 26 heavy (non-hydrogen) atoms. The Kier molecular flexibility index (Phi) is 5.60. The van der Waals surface area contributed by atoms with Gasteiger partial charge < -0.3 is 0 Å². The summed E-state index contributed by atoms with van der Waals surface area (Å²) in [6, 6.07) is 13.6. The molecule has 3 rings (SSSR count). The van der Waals surface area contributed by atoms with Crippen molar-refractivity contribution in [1.29, 1.82) is 0 Å². The van der Waals surface area contributed by atoms with E-state index in [2.05, 4.69) is 21.0 Å². The number of thioether (sulfide) groups is 1. The van der Waals surface area contributed by atoms with Gasteiger partial charge in [-0.15, -0.1) is 0 Å². The first-order chi connectivity index (χ1) is 12.5. The molecule has 1 aliphatic heterocycles. The number of hydrazone groups is 1. The molecule has 0 atom stereocenters. The monoisotopic (exact) mass is 447 g/mol. The number of para-hydroxylation sites is 1. The van der Waals surface area contributed by atoms with Crippen LogP contribution < -0.4 is 0 Å². The van der Waals surface area contributed by atoms with E-state index in [4.69, 9.17) is 12.2 Å². The first kappa shape index (κ1) is 18.4. The van der Waals surface area contributed by atoms with Gasteiger partial charge in [-0.2, -0.15) is 10.1 Å². The van der Waals surface area contributed by atoms with Gasteiger partial charge in [0.15, 0.2) is 4.32 Å². The lowest BCUT2D eigenvalue weighted by molar-refractivity contribution is -0.385. The summed E-state index contributed by atoms with van der Waals surface area (Å²) in [5, 5.41) is 16.4. The molecule has 0 N–H and O–H groups in total. The summed E-state index contributed by atoms with van der Waals surface area (Å²) < 4.78 is 1.21. The summed E-state index contributed by atoms with van der Waals surface area (Å²) in [6.45, 7) is 0. The average molecular weight is 448 g/mol. The summed E-state index contributed by atoms with van der Waals surface area (Å²) in [5.41, 5.74) is 1.08. The molecule has 2 aromatic rings. The number of hydrogen-bond donors (Lipinski definition) is 0. The van der Waals surface area contributed by atoms with Crippen molar-refractivity contribution in [2.24, 2.45) is 5.10 Å². The summed E-state index contributed by atoms with van der Waals surface area (Å²) >= 11 is 9.61. The van der Waals surface area contributed by atoms with E-state index in [-0.39, 0.29) is 14.9 Å². The highest BCUT2D eigenvalue weighted by molar-refractivity contribution is 9.10. The maximum absolute atomic E-state index is 12.5. The largest absolute Gasteiger partial charge is 0.286 e. The second-order valence-electron chi connectivity index (χ2n) is 5.11. The molecule has 130 valence electrons. The third-order valence-electron chi connectivity index (χ3n) is 3.39. The van der Waals surface area contributed by atoms with E-state index < -0.39 is 10.8 Å². The number of thiocarbonyl (C=S) groups is 1. The van der Waals surface area contributed by atoms with Crippen molar-refractivity contribution in [3.8, 4) is 0 Å². The van der Waals surface area contributed by atoms with Gasteiger partial charge >= 0.3 is 0 Å². The molecule has 0 aliphatic carbocycles. The highest BCUT2D eigenvalue weighted by Crippen LogP contribution is 2.34. The van der Waals surface area contributed by atoms with Crippen LogP contribution in [0.2, 0.25) is 0 Å². The Bertz CT molecular complexity index is 958. The lowest BCUT2D eigenvalue weighted by atomic mass is 10.1. The number of nitrogens with zero attached hydrogens (tertiary/aromatic N) is 3. The van der Waals surface area contributed by atoms with Gasteiger partial charge in [0, 0.05) is 10.5 Å². The number of amides is 1. The first-order valence-electron chi connectivity index (χ1n) is 7.26. The van der Waals surface area contributed by atoms with Gasteiger partial charge in [0.1, 0.15) is 0 Å². The summed E-state index contributed by atoms with van der Waals surface area (Å²) in [5.74, 6) is -0.411. The van der Waals surface area contributed by atoms with Crippen LogP contribution >= 0.6 is 39.9 Å². The van der Waals surface area contributed by atoms with Gasteiger partial charge in [0.2, 0.25) is 0 Å². The minimum Gasteiger partial charge on any atom is -0.266 e. The van der Waals surface area contributed by atoms with Gasteiger partial charge in [0.25, 0.3) is 11.6 Å². The minimum absolute atomic E-state index is 0.0730. The van der Waals surface area contributed by atoms with E-state index >= 15 is 0 Å². The highest BCUT2D eigenvalue weighted by Gasteiger charge is 2.32. The minimum atomic E-state index is -0.488. The van der Waals surface area contributed by atoms with Crippen LogP contribution in [-0.4, -0.2) is 26.4 Å². The molecular weight excluding hydrogens is 438 g/mol. The Labute approximate surface area is 166 Å². The zero-order valence-electron chi connectivity index (χ0n) is 13.0. The maximum atomic E-state index is 12.5. The first-order valence-corrected chi connectivity index (χ1v) is 9.28. The van der Waals surface area contributed by atoms with Crippen LogP contribution in [0.25, 0.3) is 6.08 Å². The molecule has 9 heteroatoms. The Hall–Kier alpha value is -2.36. The normalized spacial score (nSPS) is 16.0. The Balaban J connectivity index is 1.85. The zero-order valence-corrected chi connectivity index (χ0v) is 16.3. The van der Waals surface area contributed by atoms with E-state index in [0.29, 0.717) is 5.56 Å². The number of nitro benzene ring substituents is 1. The average Bonchev–Trinajstić information content (AvgIpc) is 2.88. The fourth-order valence-electron chi connectivity index (χ4n) is 2.15. The van der Waals surface area contributed by atoms with Gasteiger partial charge in [-0.3, -0.25) is 14.9 Å². The third-order valence-corrected chi connectivity index (χ3v) is 5.20. The second-order valence-corrected chi connectivity index (χ2v) is 7.70. The number of halogens is 1. The van der Waals surface area contributed by atoms with Crippen LogP contribution in [0.1, 0.15) is 11.1 Å². The molecule has 0 radical (unpaired) electrons. The topological polar surface area (TPSA) is 75.8 Å². The van der Waals surface area contributed by atoms with Crippen molar-refractivity contribution in [3.63, 3.8) is 0 Å². The molecule has 2 aromatic carbocycles. The van der Waals surface area contributed by atoms with Crippen LogP contribution in [0, 0.1) is 10.1 Å². The number of benzene rings is 2. The van der Waals surface area contributed by atoms with Crippen LogP contribution in [0.5, 0.6) is 0 Å². The Morgan fingerprint density at radius 3 is 2.58 bits per heavy atom. The molecule has 1 heterocycles. The molecule has 0 bridgehead atoms. The third kappa shape index (κ3) is 4.06. The molecule has 0 unspecified atom stereocenters. The molecule has 1 saturated heterocycles. The number of nitro groups is 1. The zero-order chi connectivity index (χ0) is 18.7. The van der Waals surface area contributed by atoms with E-state index in [9.17, 15) is 14.9 Å². The number of carbonyl (C=O) groups is 1. The van der Waals surface area contributed by atoms with Crippen LogP contribution in [0.15, 0.2) is 63.0 Å². The van der Waals surface area contributed by atoms with Gasteiger partial charge in [-0.05, 0) is 42.1 Å². The number of rotatable bonds is 4. The molecule has 1 fully saturated rings. The predicted octanol–water partition coefficient (Wildman–Crippen LogP) is 4.59. The Morgan fingerprint density at radius 2 is 1.88 bits per heavy atom. The van der Waals surface area contributed by atoms with Crippen molar-refractivity contribution in [2.45, 2.75) is 0 Å². The van der Waals surface area contributed by atoms with Crippen molar-refractivity contribution < 1.29 is 9.72 Å². The summed E-state index contributed by atoms with van der Waals surface area (Å²) in [7, 11) is 0. The number of hydrogen-bond acceptors (Lipinski definition) is 6. The van der Waals surface area contributed by atoms with Crippen molar-refractivity contribution >= 4 is 68.1 Å². The maximum Gasteiger partial charge on any atom is 0.286 e. The lowest BCUT2D eigenvalue weighted by Crippen LogP contribution is -2.22. The van der Waals surface area contributed by atoms with Crippen molar-refractivity contribution in [1.82, 2.24) is 5.01 Å². The lowest BCUT2D eigenvalue weighted by Gasteiger charge is -2.06. The Morgan fingerprint density at radius 1 is 1.19 bits per heavy atom. The summed E-state index contributed by atoms with van der Waals surface area (Å²) in [4.78, 5) is 23.4. The molecule has 0 spiro atoms. The predicted molar refractivity (Wildman–Crippen MR) is 110 cm³/mol. The molecule has 0 saturated carbocycles. The standard InChI is InChI=1S/C17H10BrN3O3S2/c18-13-7-5-11(6-8-13)10-19-20-16(22)15(26-17(20)25)9-12-3-1-2-4-14(12)21(23)24/h1-10H/b15-9+,19-10+. The molecule has 1 amide bonds. The van der Waals surface area contributed by atoms with Crippen molar-refractivity contribution in [2.75, 3.05) is 0 Å². The van der Waals surface area contributed by atoms with E-state index in [1.54, 1.807) is 18.2 Å². The molecule has 1 aliphatic rings. The SMILES string of the molecule is O=C1/C(=C\c2ccccc2[N+](=O)[O-])SC(=S)N1/N=C/c1ccc(Br)cc1. The van der Waals surface area contributed by atoms with Gasteiger partial charge in [-0.1, -0.05) is 52.0 Å². The van der Waals surface area contributed by atoms with Crippen LogP contribution in [0.4, 0.5) is 5.69 Å². The van der Waals surface area contributed by atoms with Gasteiger partial charge in [0.05, 0.1) is 21.6 Å². The van der Waals surface area contributed by atoms with Gasteiger partial charge in [-0.25, -0.2) is 0 Å².